The van der Waals surface area contributed by atoms with Crippen LogP contribution < -0.4 is 4.74 Å². The van der Waals surface area contributed by atoms with Crippen LogP contribution in [0, 0.1) is 0 Å². The van der Waals surface area contributed by atoms with Crippen molar-refractivity contribution in [1.29, 1.82) is 0 Å². The number of hydrogen-bond acceptors (Lipinski definition) is 4. The molecule has 0 atom stereocenters. The van der Waals surface area contributed by atoms with Crippen LogP contribution in [-0.4, -0.2) is 17.3 Å². The van der Waals surface area contributed by atoms with Gasteiger partial charge in [-0.25, -0.2) is 0 Å². The summed E-state index contributed by atoms with van der Waals surface area (Å²) >= 11 is 5.57. The number of halogens is 1. The van der Waals surface area contributed by atoms with Crippen LogP contribution >= 0.6 is 11.6 Å². The highest BCUT2D eigenvalue weighted by atomic mass is 35.5. The van der Waals surface area contributed by atoms with Crippen molar-refractivity contribution in [3.63, 3.8) is 0 Å². The summed E-state index contributed by atoms with van der Waals surface area (Å²) in [6.07, 6.45) is 0. The Bertz CT molecular complexity index is 439. The Morgan fingerprint density at radius 2 is 2.07 bits per heavy atom. The molecule has 0 bridgehead atoms. The molecular formula is C10H9ClN2O2. The lowest BCUT2D eigenvalue weighted by Gasteiger charge is -1.98. The van der Waals surface area contributed by atoms with Gasteiger partial charge in [-0.2, -0.15) is 4.98 Å². The molecule has 1 heterocycles. The van der Waals surface area contributed by atoms with E-state index in [1.54, 1.807) is 7.11 Å². The molecule has 0 radical (unpaired) electrons. The standard InChI is InChI=1S/C10H9ClN2O2/c1-14-8-4-2-7(3-5-8)10-12-9(6-11)13-15-10/h2-5H,6H2,1H3. The van der Waals surface area contributed by atoms with E-state index in [0.29, 0.717) is 11.7 Å². The van der Waals surface area contributed by atoms with E-state index in [4.69, 9.17) is 20.9 Å². The molecule has 78 valence electrons. The van der Waals surface area contributed by atoms with Gasteiger partial charge < -0.3 is 9.26 Å². The van der Waals surface area contributed by atoms with Crippen LogP contribution in [0.25, 0.3) is 11.5 Å². The smallest absolute Gasteiger partial charge is 0.257 e. The zero-order chi connectivity index (χ0) is 10.7. The number of rotatable bonds is 3. The van der Waals surface area contributed by atoms with E-state index in [1.165, 1.54) is 0 Å². The van der Waals surface area contributed by atoms with Crippen LogP contribution in [-0.2, 0) is 5.88 Å². The number of nitrogens with zero attached hydrogens (tertiary/aromatic N) is 2. The van der Waals surface area contributed by atoms with Gasteiger partial charge in [0.15, 0.2) is 5.82 Å². The zero-order valence-electron chi connectivity index (χ0n) is 8.11. The fourth-order valence-electron chi connectivity index (χ4n) is 1.16. The molecule has 15 heavy (non-hydrogen) atoms. The molecule has 0 aliphatic carbocycles. The molecule has 2 rings (SSSR count). The number of hydrogen-bond donors (Lipinski definition) is 0. The molecule has 1 aromatic carbocycles. The van der Waals surface area contributed by atoms with E-state index in [9.17, 15) is 0 Å². The van der Waals surface area contributed by atoms with Gasteiger partial charge in [-0.15, -0.1) is 11.6 Å². The number of aromatic nitrogens is 2. The Morgan fingerprint density at radius 3 is 2.60 bits per heavy atom. The van der Waals surface area contributed by atoms with Crippen molar-refractivity contribution < 1.29 is 9.26 Å². The summed E-state index contributed by atoms with van der Waals surface area (Å²) in [7, 11) is 1.62. The van der Waals surface area contributed by atoms with Gasteiger partial charge in [-0.05, 0) is 24.3 Å². The SMILES string of the molecule is COc1ccc(-c2nc(CCl)no2)cc1. The number of methoxy groups -OCH3 is 1. The summed E-state index contributed by atoms with van der Waals surface area (Å²) < 4.78 is 10.1. The van der Waals surface area contributed by atoms with Crippen molar-refractivity contribution in [3.8, 4) is 17.2 Å². The third-order valence-corrected chi connectivity index (χ3v) is 2.16. The Hall–Kier alpha value is -1.55. The molecule has 2 aromatic rings. The second-order valence-electron chi connectivity index (χ2n) is 2.88. The molecule has 0 amide bonds. The van der Waals surface area contributed by atoms with E-state index in [2.05, 4.69) is 10.1 Å². The highest BCUT2D eigenvalue weighted by Crippen LogP contribution is 2.20. The average Bonchev–Trinajstić information content (AvgIpc) is 2.78. The molecule has 5 heteroatoms. The predicted molar refractivity (Wildman–Crippen MR) is 55.8 cm³/mol. The van der Waals surface area contributed by atoms with Gasteiger partial charge in [0.25, 0.3) is 5.89 Å². The molecule has 0 aliphatic heterocycles. The molecule has 4 nitrogen and oxygen atoms in total. The lowest BCUT2D eigenvalue weighted by atomic mass is 10.2. The first-order valence-corrected chi connectivity index (χ1v) is 4.90. The van der Waals surface area contributed by atoms with Gasteiger partial charge >= 0.3 is 0 Å². The molecule has 0 saturated heterocycles. The van der Waals surface area contributed by atoms with E-state index < -0.39 is 0 Å². The minimum Gasteiger partial charge on any atom is -0.497 e. The van der Waals surface area contributed by atoms with Gasteiger partial charge in [-0.3, -0.25) is 0 Å². The van der Waals surface area contributed by atoms with Crippen LogP contribution in [0.4, 0.5) is 0 Å². The first-order valence-electron chi connectivity index (χ1n) is 4.36. The Labute approximate surface area is 91.8 Å². The quantitative estimate of drug-likeness (QED) is 0.752. The molecule has 0 saturated carbocycles. The first-order chi connectivity index (χ1) is 7.33. The molecule has 0 spiro atoms. The van der Waals surface area contributed by atoms with Crippen molar-refractivity contribution in [2.75, 3.05) is 7.11 Å². The topological polar surface area (TPSA) is 48.2 Å². The first kappa shape index (κ1) is 9.98. The Morgan fingerprint density at radius 1 is 1.33 bits per heavy atom. The van der Waals surface area contributed by atoms with Crippen molar-refractivity contribution in [2.24, 2.45) is 0 Å². The summed E-state index contributed by atoms with van der Waals surface area (Å²) in [5.41, 5.74) is 0.847. The van der Waals surface area contributed by atoms with Crippen molar-refractivity contribution in [2.45, 2.75) is 5.88 Å². The zero-order valence-corrected chi connectivity index (χ0v) is 8.86. The van der Waals surface area contributed by atoms with Gasteiger partial charge in [0.1, 0.15) is 5.75 Å². The fraction of sp³-hybridized carbons (Fsp3) is 0.200. The number of benzene rings is 1. The Balaban J connectivity index is 2.28. The maximum absolute atomic E-state index is 5.57. The van der Waals surface area contributed by atoms with Crippen molar-refractivity contribution in [1.82, 2.24) is 10.1 Å². The van der Waals surface area contributed by atoms with E-state index in [-0.39, 0.29) is 5.88 Å². The highest BCUT2D eigenvalue weighted by Gasteiger charge is 2.07. The van der Waals surface area contributed by atoms with Gasteiger partial charge in [-0.1, -0.05) is 5.16 Å². The Kier molecular flexibility index (Phi) is 2.87. The molecule has 0 unspecified atom stereocenters. The number of alkyl halides is 1. The largest absolute Gasteiger partial charge is 0.497 e. The second kappa shape index (κ2) is 4.31. The molecular weight excluding hydrogens is 216 g/mol. The lowest BCUT2D eigenvalue weighted by Crippen LogP contribution is -1.83. The van der Waals surface area contributed by atoms with Gasteiger partial charge in [0.2, 0.25) is 0 Å². The highest BCUT2D eigenvalue weighted by molar-refractivity contribution is 6.16. The summed E-state index contributed by atoms with van der Waals surface area (Å²) in [5, 5.41) is 3.70. The molecule has 1 aromatic heterocycles. The maximum atomic E-state index is 5.57. The van der Waals surface area contributed by atoms with Gasteiger partial charge in [0.05, 0.1) is 13.0 Å². The number of ether oxygens (including phenoxy) is 1. The minimum atomic E-state index is 0.250. The fourth-order valence-corrected chi connectivity index (χ4v) is 1.27. The predicted octanol–water partition coefficient (Wildman–Crippen LogP) is 2.48. The monoisotopic (exact) mass is 224 g/mol. The van der Waals surface area contributed by atoms with E-state index in [0.717, 1.165) is 11.3 Å². The summed E-state index contributed by atoms with van der Waals surface area (Å²) in [6, 6.07) is 7.37. The maximum Gasteiger partial charge on any atom is 0.257 e. The van der Waals surface area contributed by atoms with Crippen LogP contribution in [0.2, 0.25) is 0 Å². The van der Waals surface area contributed by atoms with Crippen LogP contribution in [0.1, 0.15) is 5.82 Å². The van der Waals surface area contributed by atoms with Gasteiger partial charge in [0, 0.05) is 5.56 Å². The van der Waals surface area contributed by atoms with Crippen LogP contribution in [0.15, 0.2) is 28.8 Å². The van der Waals surface area contributed by atoms with E-state index in [1.807, 2.05) is 24.3 Å². The second-order valence-corrected chi connectivity index (χ2v) is 3.15. The third kappa shape index (κ3) is 2.10. The average molecular weight is 225 g/mol. The van der Waals surface area contributed by atoms with Crippen LogP contribution in [0.5, 0.6) is 5.75 Å². The van der Waals surface area contributed by atoms with Crippen molar-refractivity contribution >= 4 is 11.6 Å². The van der Waals surface area contributed by atoms with E-state index >= 15 is 0 Å². The summed E-state index contributed by atoms with van der Waals surface area (Å²) in [5.74, 6) is 1.99. The normalized spacial score (nSPS) is 10.3. The summed E-state index contributed by atoms with van der Waals surface area (Å²) in [4.78, 5) is 4.10. The molecule has 0 aliphatic rings. The lowest BCUT2D eigenvalue weighted by molar-refractivity contribution is 0.414. The molecule has 0 N–H and O–H groups in total. The summed E-state index contributed by atoms with van der Waals surface area (Å²) in [6.45, 7) is 0. The third-order valence-electron chi connectivity index (χ3n) is 1.92. The van der Waals surface area contributed by atoms with Crippen molar-refractivity contribution in [3.05, 3.63) is 30.1 Å². The minimum absolute atomic E-state index is 0.250. The van der Waals surface area contributed by atoms with Crippen LogP contribution in [0.3, 0.4) is 0 Å². The molecule has 0 fully saturated rings.